The van der Waals surface area contributed by atoms with Crippen molar-refractivity contribution >= 4 is 11.6 Å². The van der Waals surface area contributed by atoms with Crippen LogP contribution in [0.5, 0.6) is 0 Å². The van der Waals surface area contributed by atoms with Crippen molar-refractivity contribution < 1.29 is 14.7 Å². The number of Topliss-reactive ketones (excluding diaryl/α,β-unsaturated/α-hetero) is 2. The number of hydrogen-bond acceptors (Lipinski definition) is 3. The lowest BCUT2D eigenvalue weighted by Gasteiger charge is -2.61. The highest BCUT2D eigenvalue weighted by atomic mass is 16.3. The van der Waals surface area contributed by atoms with E-state index in [1.807, 2.05) is 0 Å². The molecule has 9 atom stereocenters. The molecule has 4 saturated carbocycles. The average molecular weight is 347 g/mol. The highest BCUT2D eigenvalue weighted by Crippen LogP contribution is 2.68. The van der Waals surface area contributed by atoms with E-state index in [1.54, 1.807) is 6.92 Å². The fourth-order valence-electron chi connectivity index (χ4n) is 8.40. The summed E-state index contributed by atoms with van der Waals surface area (Å²) in [6.45, 7) is 8.63. The fourth-order valence-corrected chi connectivity index (χ4v) is 8.40. The molecule has 25 heavy (non-hydrogen) atoms. The van der Waals surface area contributed by atoms with E-state index in [2.05, 4.69) is 20.8 Å². The number of hydrogen-bond donors (Lipinski definition) is 1. The minimum Gasteiger partial charge on any atom is -0.393 e. The molecule has 4 aliphatic carbocycles. The molecule has 0 aromatic rings. The number of fused-ring (bicyclic) bond motifs is 5. The lowest BCUT2D eigenvalue weighted by Crippen LogP contribution is -2.59. The molecule has 4 aliphatic rings. The summed E-state index contributed by atoms with van der Waals surface area (Å²) < 4.78 is 0. The van der Waals surface area contributed by atoms with E-state index in [1.165, 1.54) is 0 Å². The molecule has 0 aliphatic heterocycles. The Labute approximate surface area is 151 Å². The molecule has 0 unspecified atom stereocenters. The summed E-state index contributed by atoms with van der Waals surface area (Å²) >= 11 is 0. The molecule has 0 saturated heterocycles. The second-order valence-corrected chi connectivity index (χ2v) is 10.4. The predicted molar refractivity (Wildman–Crippen MR) is 96.8 cm³/mol. The smallest absolute Gasteiger partial charge is 0.133 e. The molecule has 3 nitrogen and oxygen atoms in total. The van der Waals surface area contributed by atoms with Gasteiger partial charge in [0.15, 0.2) is 0 Å². The van der Waals surface area contributed by atoms with Gasteiger partial charge in [0.1, 0.15) is 11.6 Å². The summed E-state index contributed by atoms with van der Waals surface area (Å²) in [5.41, 5.74) is 0.0641. The van der Waals surface area contributed by atoms with Crippen molar-refractivity contribution in [2.45, 2.75) is 78.7 Å². The van der Waals surface area contributed by atoms with Crippen molar-refractivity contribution in [2.75, 3.05) is 0 Å². The number of aliphatic hydroxyl groups is 1. The first-order chi connectivity index (χ1) is 11.7. The first kappa shape index (κ1) is 17.7. The second kappa shape index (κ2) is 5.65. The van der Waals surface area contributed by atoms with Gasteiger partial charge in [-0.15, -0.1) is 0 Å². The zero-order chi connectivity index (χ0) is 18.1. The second-order valence-electron chi connectivity index (χ2n) is 10.4. The summed E-state index contributed by atoms with van der Waals surface area (Å²) in [6, 6.07) is 0. The molecule has 0 aromatic carbocycles. The first-order valence-corrected chi connectivity index (χ1v) is 10.4. The number of carbonyl (C=O) groups excluding carboxylic acids is 2. The van der Waals surface area contributed by atoms with E-state index in [9.17, 15) is 14.7 Å². The summed E-state index contributed by atoms with van der Waals surface area (Å²) in [6.07, 6.45) is 6.20. The first-order valence-electron chi connectivity index (χ1n) is 10.4. The molecule has 0 aromatic heterocycles. The van der Waals surface area contributed by atoms with Gasteiger partial charge in [0.2, 0.25) is 0 Å². The maximum Gasteiger partial charge on any atom is 0.133 e. The number of carbonyl (C=O) groups is 2. The molecule has 4 rings (SSSR count). The molecule has 0 heterocycles. The third kappa shape index (κ3) is 2.33. The van der Waals surface area contributed by atoms with Crippen LogP contribution in [0.3, 0.4) is 0 Å². The Bertz CT molecular complexity index is 598. The van der Waals surface area contributed by atoms with Gasteiger partial charge in [0.25, 0.3) is 0 Å². The molecule has 0 spiro atoms. The van der Waals surface area contributed by atoms with Crippen LogP contribution in [0.2, 0.25) is 0 Å². The SMILES string of the molecule is CC(=O)[C@@H]1[C@@H](C)C[C@H]2[C@H]3CC[C@H]4CC(=O)CC[C@@]4(C)[C@H]3[C@@H](O)C[C@@]12C. The number of aliphatic hydroxyl groups excluding tert-OH is 1. The minimum atomic E-state index is -0.320. The number of ketones is 2. The Balaban J connectivity index is 1.70. The van der Waals surface area contributed by atoms with Crippen LogP contribution in [-0.4, -0.2) is 22.8 Å². The largest absolute Gasteiger partial charge is 0.393 e. The Kier molecular flexibility index (Phi) is 4.00. The zero-order valence-corrected chi connectivity index (χ0v) is 16.3. The van der Waals surface area contributed by atoms with E-state index < -0.39 is 0 Å². The van der Waals surface area contributed by atoms with Gasteiger partial charge in [0, 0.05) is 18.8 Å². The van der Waals surface area contributed by atoms with E-state index >= 15 is 0 Å². The van der Waals surface area contributed by atoms with Gasteiger partial charge < -0.3 is 5.11 Å². The molecular weight excluding hydrogens is 312 g/mol. The number of rotatable bonds is 1. The van der Waals surface area contributed by atoms with Crippen LogP contribution in [0, 0.1) is 46.3 Å². The van der Waals surface area contributed by atoms with E-state index in [0.717, 1.165) is 38.5 Å². The monoisotopic (exact) mass is 346 g/mol. The molecule has 0 bridgehead atoms. The predicted octanol–water partition coefficient (Wildman–Crippen LogP) is 4.02. The van der Waals surface area contributed by atoms with Gasteiger partial charge in [-0.05, 0) is 79.4 Å². The van der Waals surface area contributed by atoms with Gasteiger partial charge in [-0.25, -0.2) is 0 Å². The Hall–Kier alpha value is -0.700. The highest BCUT2D eigenvalue weighted by molar-refractivity contribution is 5.80. The van der Waals surface area contributed by atoms with Gasteiger partial charge >= 0.3 is 0 Å². The fraction of sp³-hybridized carbons (Fsp3) is 0.909. The van der Waals surface area contributed by atoms with Crippen LogP contribution in [0.25, 0.3) is 0 Å². The zero-order valence-electron chi connectivity index (χ0n) is 16.3. The van der Waals surface area contributed by atoms with E-state index in [4.69, 9.17) is 0 Å². The standard InChI is InChI=1S/C22H34O3/c1-12-9-17-16-6-5-14-10-15(24)7-8-21(14,3)20(16)18(25)11-22(17,4)19(12)13(2)23/h12,14,16-20,25H,5-11H2,1-4H3/t12-,14-,16+,17-,18-,19-,20+,21+,22+/m0/s1. The van der Waals surface area contributed by atoms with Crippen molar-refractivity contribution in [1.82, 2.24) is 0 Å². The maximum absolute atomic E-state index is 12.4. The minimum absolute atomic E-state index is 0.0421. The third-order valence-electron chi connectivity index (χ3n) is 9.19. The van der Waals surface area contributed by atoms with Crippen molar-refractivity contribution in [2.24, 2.45) is 46.3 Å². The van der Waals surface area contributed by atoms with Crippen molar-refractivity contribution in [3.63, 3.8) is 0 Å². The molecule has 4 fully saturated rings. The summed E-state index contributed by atoms with van der Waals surface area (Å²) in [5, 5.41) is 11.3. The third-order valence-corrected chi connectivity index (χ3v) is 9.19. The summed E-state index contributed by atoms with van der Waals surface area (Å²) in [4.78, 5) is 24.4. The van der Waals surface area contributed by atoms with E-state index in [0.29, 0.717) is 47.6 Å². The molecule has 3 heteroatoms. The van der Waals surface area contributed by atoms with Crippen LogP contribution in [0.15, 0.2) is 0 Å². The van der Waals surface area contributed by atoms with Crippen molar-refractivity contribution in [3.05, 3.63) is 0 Å². The normalized spacial score (nSPS) is 55.2. The van der Waals surface area contributed by atoms with Crippen molar-refractivity contribution in [1.29, 1.82) is 0 Å². The van der Waals surface area contributed by atoms with Gasteiger partial charge in [-0.1, -0.05) is 20.8 Å². The van der Waals surface area contributed by atoms with Gasteiger partial charge in [-0.3, -0.25) is 9.59 Å². The Morgan fingerprint density at radius 1 is 1.20 bits per heavy atom. The Morgan fingerprint density at radius 3 is 2.60 bits per heavy atom. The van der Waals surface area contributed by atoms with Crippen molar-refractivity contribution in [3.8, 4) is 0 Å². The summed E-state index contributed by atoms with van der Waals surface area (Å²) in [5.74, 6) is 3.11. The van der Waals surface area contributed by atoms with Gasteiger partial charge in [0.05, 0.1) is 6.10 Å². The summed E-state index contributed by atoms with van der Waals surface area (Å²) in [7, 11) is 0. The van der Waals surface area contributed by atoms with Crippen LogP contribution in [-0.2, 0) is 9.59 Å². The molecular formula is C22H34O3. The molecule has 140 valence electrons. The quantitative estimate of drug-likeness (QED) is 0.780. The van der Waals surface area contributed by atoms with Gasteiger partial charge in [-0.2, -0.15) is 0 Å². The lowest BCUT2D eigenvalue weighted by atomic mass is 9.44. The lowest BCUT2D eigenvalue weighted by molar-refractivity contribution is -0.174. The van der Waals surface area contributed by atoms with Crippen LogP contribution in [0.1, 0.15) is 72.6 Å². The topological polar surface area (TPSA) is 54.4 Å². The Morgan fingerprint density at radius 2 is 1.92 bits per heavy atom. The maximum atomic E-state index is 12.4. The van der Waals surface area contributed by atoms with Crippen LogP contribution >= 0.6 is 0 Å². The van der Waals surface area contributed by atoms with Crippen LogP contribution < -0.4 is 0 Å². The molecule has 0 radical (unpaired) electrons. The molecule has 1 N–H and O–H groups in total. The van der Waals surface area contributed by atoms with E-state index in [-0.39, 0.29) is 22.9 Å². The van der Waals surface area contributed by atoms with Crippen LogP contribution in [0.4, 0.5) is 0 Å². The average Bonchev–Trinajstić information content (AvgIpc) is 2.77. The highest BCUT2D eigenvalue weighted by Gasteiger charge is 2.64. The molecule has 0 amide bonds.